The van der Waals surface area contributed by atoms with Crippen molar-refractivity contribution in [1.82, 2.24) is 5.32 Å². The molecule has 1 N–H and O–H groups in total. The predicted molar refractivity (Wildman–Crippen MR) is 78.9 cm³/mol. The van der Waals surface area contributed by atoms with Crippen LogP contribution in [-0.2, 0) is 11.3 Å². The molecule has 0 amide bonds. The largest absolute Gasteiger partial charge is 0.491 e. The van der Waals surface area contributed by atoms with Gasteiger partial charge in [-0.2, -0.15) is 11.8 Å². The molecule has 0 heterocycles. The van der Waals surface area contributed by atoms with E-state index in [1.807, 2.05) is 18.2 Å². The fourth-order valence-corrected chi connectivity index (χ4v) is 1.92. The van der Waals surface area contributed by atoms with Gasteiger partial charge >= 0.3 is 0 Å². The number of halogens is 1. The SMILES string of the molecule is COCCNCc1ccc(OCCSC)c(Cl)c1. The van der Waals surface area contributed by atoms with E-state index in [-0.39, 0.29) is 0 Å². The van der Waals surface area contributed by atoms with Crippen LogP contribution in [0.25, 0.3) is 0 Å². The Morgan fingerprint density at radius 2 is 2.17 bits per heavy atom. The summed E-state index contributed by atoms with van der Waals surface area (Å²) in [4.78, 5) is 0. The summed E-state index contributed by atoms with van der Waals surface area (Å²) < 4.78 is 10.5. The van der Waals surface area contributed by atoms with Gasteiger partial charge in [0.1, 0.15) is 5.75 Å². The first-order valence-electron chi connectivity index (χ1n) is 5.87. The van der Waals surface area contributed by atoms with Crippen molar-refractivity contribution < 1.29 is 9.47 Å². The van der Waals surface area contributed by atoms with Crippen LogP contribution in [0, 0.1) is 0 Å². The van der Waals surface area contributed by atoms with Gasteiger partial charge in [-0.25, -0.2) is 0 Å². The molecule has 1 aromatic carbocycles. The summed E-state index contributed by atoms with van der Waals surface area (Å²) >= 11 is 7.92. The van der Waals surface area contributed by atoms with Gasteiger partial charge in [0.15, 0.2) is 0 Å². The van der Waals surface area contributed by atoms with Crippen molar-refractivity contribution in [2.75, 3.05) is 38.9 Å². The van der Waals surface area contributed by atoms with Crippen molar-refractivity contribution in [3.05, 3.63) is 28.8 Å². The highest BCUT2D eigenvalue weighted by Crippen LogP contribution is 2.25. The third-order valence-electron chi connectivity index (χ3n) is 2.35. The molecule has 0 unspecified atom stereocenters. The Morgan fingerprint density at radius 3 is 2.83 bits per heavy atom. The first-order valence-corrected chi connectivity index (χ1v) is 7.65. The van der Waals surface area contributed by atoms with Crippen LogP contribution < -0.4 is 10.1 Å². The molecular formula is C13H20ClNO2S. The van der Waals surface area contributed by atoms with Gasteiger partial charge in [-0.3, -0.25) is 0 Å². The Bertz CT molecular complexity index is 350. The minimum atomic E-state index is 0.669. The lowest BCUT2D eigenvalue weighted by molar-refractivity contribution is 0.199. The van der Waals surface area contributed by atoms with Crippen LogP contribution in [0.5, 0.6) is 5.75 Å². The maximum absolute atomic E-state index is 6.16. The third-order valence-corrected chi connectivity index (χ3v) is 3.22. The van der Waals surface area contributed by atoms with Crippen molar-refractivity contribution in [2.45, 2.75) is 6.54 Å². The van der Waals surface area contributed by atoms with E-state index < -0.39 is 0 Å². The summed E-state index contributed by atoms with van der Waals surface area (Å²) in [5.74, 6) is 1.72. The molecule has 0 atom stereocenters. The third kappa shape index (κ3) is 5.96. The van der Waals surface area contributed by atoms with Gasteiger partial charge in [-0.1, -0.05) is 17.7 Å². The molecule has 0 spiro atoms. The molecule has 18 heavy (non-hydrogen) atoms. The quantitative estimate of drug-likeness (QED) is 0.708. The summed E-state index contributed by atoms with van der Waals surface area (Å²) in [6.07, 6.45) is 2.06. The summed E-state index contributed by atoms with van der Waals surface area (Å²) in [6.45, 7) is 3.02. The van der Waals surface area contributed by atoms with E-state index in [0.29, 0.717) is 18.2 Å². The summed E-state index contributed by atoms with van der Waals surface area (Å²) in [5, 5.41) is 3.94. The second-order valence-electron chi connectivity index (χ2n) is 3.78. The Hall–Kier alpha value is -0.420. The second-order valence-corrected chi connectivity index (χ2v) is 5.17. The Balaban J connectivity index is 2.41. The standard InChI is InChI=1S/C13H20ClNO2S/c1-16-6-5-15-10-11-3-4-13(12(14)9-11)17-7-8-18-2/h3-4,9,15H,5-8,10H2,1-2H3. The molecule has 0 bridgehead atoms. The Morgan fingerprint density at radius 1 is 1.33 bits per heavy atom. The molecule has 1 aromatic rings. The van der Waals surface area contributed by atoms with E-state index in [4.69, 9.17) is 21.1 Å². The topological polar surface area (TPSA) is 30.5 Å². The summed E-state index contributed by atoms with van der Waals surface area (Å²) in [5.41, 5.74) is 1.15. The number of benzene rings is 1. The number of rotatable bonds is 9. The molecule has 0 saturated carbocycles. The van der Waals surface area contributed by atoms with E-state index in [9.17, 15) is 0 Å². The zero-order valence-corrected chi connectivity index (χ0v) is 12.4. The lowest BCUT2D eigenvalue weighted by Crippen LogP contribution is -2.18. The highest BCUT2D eigenvalue weighted by atomic mass is 35.5. The molecule has 0 aliphatic heterocycles. The van der Waals surface area contributed by atoms with Crippen molar-refractivity contribution >= 4 is 23.4 Å². The molecule has 0 fully saturated rings. The summed E-state index contributed by atoms with van der Waals surface area (Å²) in [6, 6.07) is 5.89. The first kappa shape index (κ1) is 15.6. The molecule has 3 nitrogen and oxygen atoms in total. The second kappa shape index (κ2) is 9.50. The minimum Gasteiger partial charge on any atom is -0.491 e. The van der Waals surface area contributed by atoms with E-state index in [1.165, 1.54) is 0 Å². The number of ether oxygens (including phenoxy) is 2. The first-order chi connectivity index (χ1) is 8.77. The zero-order chi connectivity index (χ0) is 13.2. The molecule has 0 aliphatic rings. The van der Waals surface area contributed by atoms with Crippen molar-refractivity contribution in [3.63, 3.8) is 0 Å². The minimum absolute atomic E-state index is 0.669. The van der Waals surface area contributed by atoms with Crippen LogP contribution in [-0.4, -0.2) is 38.9 Å². The molecule has 0 radical (unpaired) electrons. The zero-order valence-electron chi connectivity index (χ0n) is 10.9. The number of methoxy groups -OCH3 is 1. The van der Waals surface area contributed by atoms with Crippen molar-refractivity contribution in [3.8, 4) is 5.75 Å². The Kier molecular flexibility index (Phi) is 8.25. The average Bonchev–Trinajstić information content (AvgIpc) is 2.37. The number of hydrogen-bond acceptors (Lipinski definition) is 4. The van der Waals surface area contributed by atoms with Gasteiger partial charge < -0.3 is 14.8 Å². The van der Waals surface area contributed by atoms with Crippen LogP contribution in [0.1, 0.15) is 5.56 Å². The van der Waals surface area contributed by atoms with E-state index in [2.05, 4.69) is 11.6 Å². The van der Waals surface area contributed by atoms with Crippen LogP contribution in [0.15, 0.2) is 18.2 Å². The van der Waals surface area contributed by atoms with Gasteiger partial charge in [-0.15, -0.1) is 0 Å². The van der Waals surface area contributed by atoms with Gasteiger partial charge in [0.2, 0.25) is 0 Å². The molecule has 102 valence electrons. The predicted octanol–water partition coefficient (Wildman–Crippen LogP) is 2.82. The molecule has 0 aliphatic carbocycles. The molecule has 0 saturated heterocycles. The monoisotopic (exact) mass is 289 g/mol. The average molecular weight is 290 g/mol. The molecule has 1 rings (SSSR count). The number of nitrogens with one attached hydrogen (secondary N) is 1. The van der Waals surface area contributed by atoms with Crippen LogP contribution in [0.4, 0.5) is 0 Å². The maximum atomic E-state index is 6.16. The highest BCUT2D eigenvalue weighted by molar-refractivity contribution is 7.98. The normalized spacial score (nSPS) is 10.6. The van der Waals surface area contributed by atoms with Crippen LogP contribution in [0.3, 0.4) is 0 Å². The fourth-order valence-electron chi connectivity index (χ4n) is 1.41. The molecule has 0 aromatic heterocycles. The van der Waals surface area contributed by atoms with Gasteiger partial charge in [-0.05, 0) is 24.0 Å². The van der Waals surface area contributed by atoms with E-state index in [0.717, 1.165) is 30.2 Å². The fraction of sp³-hybridized carbons (Fsp3) is 0.538. The van der Waals surface area contributed by atoms with Crippen LogP contribution >= 0.6 is 23.4 Å². The van der Waals surface area contributed by atoms with E-state index in [1.54, 1.807) is 18.9 Å². The van der Waals surface area contributed by atoms with Gasteiger partial charge in [0.05, 0.1) is 18.2 Å². The Labute approximate surface area is 118 Å². The van der Waals surface area contributed by atoms with Crippen molar-refractivity contribution in [1.29, 1.82) is 0 Å². The highest BCUT2D eigenvalue weighted by Gasteiger charge is 2.03. The number of hydrogen-bond donors (Lipinski definition) is 1. The van der Waals surface area contributed by atoms with Crippen molar-refractivity contribution in [2.24, 2.45) is 0 Å². The van der Waals surface area contributed by atoms with Gasteiger partial charge in [0.25, 0.3) is 0 Å². The van der Waals surface area contributed by atoms with Gasteiger partial charge in [0, 0.05) is 26.0 Å². The number of thioether (sulfide) groups is 1. The lowest BCUT2D eigenvalue weighted by atomic mass is 10.2. The molecular weight excluding hydrogens is 270 g/mol. The van der Waals surface area contributed by atoms with E-state index >= 15 is 0 Å². The van der Waals surface area contributed by atoms with Crippen LogP contribution in [0.2, 0.25) is 5.02 Å². The maximum Gasteiger partial charge on any atom is 0.137 e. The smallest absolute Gasteiger partial charge is 0.137 e. The summed E-state index contributed by atoms with van der Waals surface area (Å²) in [7, 11) is 1.69. The lowest BCUT2D eigenvalue weighted by Gasteiger charge is -2.09. The molecule has 5 heteroatoms.